The molecule has 20 heavy (non-hydrogen) atoms. The Kier molecular flexibility index (Phi) is 6.54. The quantitative estimate of drug-likeness (QED) is 0.715. The van der Waals surface area contributed by atoms with Crippen molar-refractivity contribution in [2.24, 2.45) is 5.92 Å². The normalized spacial score (nSPS) is 18.3. The van der Waals surface area contributed by atoms with Crippen LogP contribution >= 0.6 is 0 Å². The molecule has 1 atom stereocenters. The van der Waals surface area contributed by atoms with E-state index in [1.165, 1.54) is 32.1 Å². The lowest BCUT2D eigenvalue weighted by atomic mass is 9.85. The summed E-state index contributed by atoms with van der Waals surface area (Å²) in [6.07, 6.45) is 9.85. The number of nitrogens with one attached hydrogen (secondary N) is 2. The van der Waals surface area contributed by atoms with E-state index >= 15 is 0 Å². The first kappa shape index (κ1) is 15.5. The molecule has 1 saturated carbocycles. The number of ether oxygens (including phenoxy) is 1. The van der Waals surface area contributed by atoms with Gasteiger partial charge in [0.1, 0.15) is 11.9 Å². The number of rotatable bonds is 8. The van der Waals surface area contributed by atoms with Crippen LogP contribution in [0.2, 0.25) is 0 Å². The first-order chi connectivity index (χ1) is 9.85. The fourth-order valence-electron chi connectivity index (χ4n) is 3.07. The summed E-state index contributed by atoms with van der Waals surface area (Å²) in [5, 5.41) is 3.40. The summed E-state index contributed by atoms with van der Waals surface area (Å²) < 4.78 is 5.99. The first-order valence-electron chi connectivity index (χ1n) is 8.21. The lowest BCUT2D eigenvalue weighted by Crippen LogP contribution is -2.20. The zero-order chi connectivity index (χ0) is 14.2. The molecule has 1 heterocycles. The van der Waals surface area contributed by atoms with Gasteiger partial charge < -0.3 is 15.0 Å². The number of H-pyrrole nitrogens is 1. The highest BCUT2D eigenvalue weighted by Crippen LogP contribution is 2.35. The van der Waals surface area contributed by atoms with Crippen molar-refractivity contribution in [3.8, 4) is 0 Å². The third kappa shape index (κ3) is 4.32. The molecule has 4 heteroatoms. The van der Waals surface area contributed by atoms with Crippen LogP contribution in [-0.2, 0) is 11.3 Å². The van der Waals surface area contributed by atoms with E-state index < -0.39 is 0 Å². The largest absolute Gasteiger partial charge is 0.370 e. The van der Waals surface area contributed by atoms with Crippen LogP contribution in [0.25, 0.3) is 0 Å². The molecule has 0 saturated heterocycles. The highest BCUT2D eigenvalue weighted by Gasteiger charge is 2.27. The van der Waals surface area contributed by atoms with Gasteiger partial charge in [-0.05, 0) is 38.6 Å². The predicted molar refractivity (Wildman–Crippen MR) is 81.5 cm³/mol. The molecule has 0 amide bonds. The van der Waals surface area contributed by atoms with E-state index in [0.29, 0.717) is 5.92 Å². The second kappa shape index (κ2) is 8.42. The van der Waals surface area contributed by atoms with Crippen LogP contribution in [0.1, 0.15) is 70.0 Å². The number of aromatic nitrogens is 2. The van der Waals surface area contributed by atoms with Gasteiger partial charge in [0.15, 0.2) is 0 Å². The Morgan fingerprint density at radius 3 is 2.85 bits per heavy atom. The monoisotopic (exact) mass is 279 g/mol. The average molecular weight is 279 g/mol. The van der Waals surface area contributed by atoms with Gasteiger partial charge in [-0.3, -0.25) is 0 Å². The minimum absolute atomic E-state index is 0.153. The maximum absolute atomic E-state index is 5.99. The molecule has 1 unspecified atom stereocenters. The molecule has 114 valence electrons. The van der Waals surface area contributed by atoms with Gasteiger partial charge in [0.05, 0.1) is 0 Å². The summed E-state index contributed by atoms with van der Waals surface area (Å²) in [5.41, 5.74) is 1.16. The van der Waals surface area contributed by atoms with E-state index in [9.17, 15) is 0 Å². The second-order valence-electron chi connectivity index (χ2n) is 5.74. The zero-order valence-electron chi connectivity index (χ0n) is 13.0. The van der Waals surface area contributed by atoms with E-state index in [4.69, 9.17) is 4.74 Å². The molecular formula is C16H29N3O. The molecule has 2 rings (SSSR count). The van der Waals surface area contributed by atoms with Crippen molar-refractivity contribution in [2.45, 2.75) is 65.0 Å². The van der Waals surface area contributed by atoms with Gasteiger partial charge in [0, 0.05) is 25.0 Å². The van der Waals surface area contributed by atoms with Gasteiger partial charge in [-0.25, -0.2) is 4.98 Å². The lowest BCUT2D eigenvalue weighted by Gasteiger charge is -2.28. The number of aromatic amines is 1. The Morgan fingerprint density at radius 1 is 1.35 bits per heavy atom. The fraction of sp³-hybridized carbons (Fsp3) is 0.812. The molecule has 0 radical (unpaired) electrons. The molecular weight excluding hydrogens is 250 g/mol. The van der Waals surface area contributed by atoms with Crippen molar-refractivity contribution in [1.82, 2.24) is 15.3 Å². The van der Waals surface area contributed by atoms with Crippen molar-refractivity contribution < 1.29 is 4.74 Å². The highest BCUT2D eigenvalue weighted by molar-refractivity contribution is 5.05. The third-order valence-corrected chi connectivity index (χ3v) is 4.08. The topological polar surface area (TPSA) is 49.9 Å². The second-order valence-corrected chi connectivity index (χ2v) is 5.74. The average Bonchev–Trinajstić information content (AvgIpc) is 2.94. The van der Waals surface area contributed by atoms with Crippen molar-refractivity contribution in [3.63, 3.8) is 0 Å². The van der Waals surface area contributed by atoms with Crippen LogP contribution in [0, 0.1) is 5.92 Å². The summed E-state index contributed by atoms with van der Waals surface area (Å²) in [4.78, 5) is 8.02. The molecule has 0 bridgehead atoms. The smallest absolute Gasteiger partial charge is 0.135 e. The first-order valence-corrected chi connectivity index (χ1v) is 8.21. The minimum atomic E-state index is 0.153. The van der Waals surface area contributed by atoms with Crippen molar-refractivity contribution in [2.75, 3.05) is 13.2 Å². The van der Waals surface area contributed by atoms with E-state index in [2.05, 4.69) is 29.1 Å². The molecule has 0 spiro atoms. The van der Waals surface area contributed by atoms with E-state index in [1.54, 1.807) is 0 Å². The Balaban J connectivity index is 1.97. The van der Waals surface area contributed by atoms with Gasteiger partial charge >= 0.3 is 0 Å². The maximum Gasteiger partial charge on any atom is 0.135 e. The van der Waals surface area contributed by atoms with Crippen LogP contribution in [0.3, 0.4) is 0 Å². The number of hydrogen-bond acceptors (Lipinski definition) is 3. The summed E-state index contributed by atoms with van der Waals surface area (Å²) >= 11 is 0. The molecule has 1 aromatic heterocycles. The Labute approximate surface area is 122 Å². The molecule has 4 nitrogen and oxygen atoms in total. The Morgan fingerprint density at radius 2 is 2.15 bits per heavy atom. The maximum atomic E-state index is 5.99. The molecule has 1 aliphatic carbocycles. The molecule has 0 aliphatic heterocycles. The van der Waals surface area contributed by atoms with E-state index in [0.717, 1.165) is 37.6 Å². The summed E-state index contributed by atoms with van der Waals surface area (Å²) in [6, 6.07) is 0. The Bertz CT molecular complexity index is 372. The molecule has 1 fully saturated rings. The van der Waals surface area contributed by atoms with Gasteiger partial charge in [-0.1, -0.05) is 26.2 Å². The van der Waals surface area contributed by atoms with Crippen molar-refractivity contribution in [1.29, 1.82) is 0 Å². The van der Waals surface area contributed by atoms with Crippen LogP contribution in [0.15, 0.2) is 6.20 Å². The zero-order valence-corrected chi connectivity index (χ0v) is 13.0. The highest BCUT2D eigenvalue weighted by atomic mass is 16.5. The molecule has 1 aliphatic rings. The van der Waals surface area contributed by atoms with Crippen LogP contribution < -0.4 is 5.32 Å². The van der Waals surface area contributed by atoms with E-state index in [-0.39, 0.29) is 6.10 Å². The summed E-state index contributed by atoms with van der Waals surface area (Å²) in [7, 11) is 0. The van der Waals surface area contributed by atoms with Gasteiger partial charge in [0.25, 0.3) is 0 Å². The van der Waals surface area contributed by atoms with Crippen molar-refractivity contribution >= 4 is 0 Å². The SMILES string of the molecule is CCCNCc1cnc(C(OCC)C2CCCCC2)[nH]1. The summed E-state index contributed by atoms with van der Waals surface area (Å²) in [5.74, 6) is 1.65. The third-order valence-electron chi connectivity index (χ3n) is 4.08. The molecule has 0 aromatic carbocycles. The van der Waals surface area contributed by atoms with E-state index in [1.807, 2.05) is 6.20 Å². The number of imidazole rings is 1. The molecule has 2 N–H and O–H groups in total. The fourth-order valence-corrected chi connectivity index (χ4v) is 3.07. The van der Waals surface area contributed by atoms with Crippen LogP contribution in [0.4, 0.5) is 0 Å². The summed E-state index contributed by atoms with van der Waals surface area (Å²) in [6.45, 7) is 6.92. The Hall–Kier alpha value is -0.870. The lowest BCUT2D eigenvalue weighted by molar-refractivity contribution is 0.000285. The predicted octanol–water partition coefficient (Wildman–Crippen LogP) is 3.57. The van der Waals surface area contributed by atoms with Gasteiger partial charge in [-0.15, -0.1) is 0 Å². The van der Waals surface area contributed by atoms with Gasteiger partial charge in [0.2, 0.25) is 0 Å². The van der Waals surface area contributed by atoms with Gasteiger partial charge in [-0.2, -0.15) is 0 Å². The standard InChI is InChI=1S/C16H29N3O/c1-3-10-17-11-14-12-18-16(19-14)15(20-4-2)13-8-6-5-7-9-13/h12-13,15,17H,3-11H2,1-2H3,(H,18,19). The number of hydrogen-bond donors (Lipinski definition) is 2. The molecule has 1 aromatic rings. The minimum Gasteiger partial charge on any atom is -0.370 e. The van der Waals surface area contributed by atoms with Crippen LogP contribution in [0.5, 0.6) is 0 Å². The van der Waals surface area contributed by atoms with Crippen LogP contribution in [-0.4, -0.2) is 23.1 Å². The van der Waals surface area contributed by atoms with Crippen molar-refractivity contribution in [3.05, 3.63) is 17.7 Å². The number of nitrogens with zero attached hydrogens (tertiary/aromatic N) is 1.